The molecule has 10 heteroatoms. The zero-order valence-electron chi connectivity index (χ0n) is 16.9. The van der Waals surface area contributed by atoms with Crippen LogP contribution in [0.25, 0.3) is 5.82 Å². The number of pyridine rings is 1. The van der Waals surface area contributed by atoms with Crippen molar-refractivity contribution in [1.82, 2.24) is 14.8 Å². The van der Waals surface area contributed by atoms with E-state index >= 15 is 0 Å². The Bertz CT molecular complexity index is 1200. The number of hydrogen-bond donors (Lipinski definition) is 5. The van der Waals surface area contributed by atoms with Gasteiger partial charge in [0.25, 0.3) is 5.91 Å². The number of amides is 1. The maximum atomic E-state index is 12.2. The van der Waals surface area contributed by atoms with Crippen LogP contribution in [0, 0.1) is 17.7 Å². The van der Waals surface area contributed by atoms with E-state index in [1.807, 2.05) is 6.92 Å². The first-order valence-corrected chi connectivity index (χ1v) is 9.63. The number of nitrogens with zero attached hydrogens (tertiary/aromatic N) is 3. The number of aromatic nitrogens is 3. The molecule has 0 saturated carbocycles. The van der Waals surface area contributed by atoms with Gasteiger partial charge in [-0.05, 0) is 38.1 Å². The van der Waals surface area contributed by atoms with Crippen molar-refractivity contribution in [3.05, 3.63) is 64.3 Å². The average Bonchev–Trinajstić information content (AvgIpc) is 3.12. The van der Waals surface area contributed by atoms with Gasteiger partial charge in [-0.3, -0.25) is 4.79 Å². The van der Waals surface area contributed by atoms with Crippen LogP contribution in [0.2, 0.25) is 5.02 Å². The number of benzene rings is 1. The van der Waals surface area contributed by atoms with Crippen LogP contribution in [0.4, 0.5) is 23.0 Å². The summed E-state index contributed by atoms with van der Waals surface area (Å²) >= 11 is 6.36. The molecule has 0 aliphatic heterocycles. The minimum Gasteiger partial charge on any atom is -0.398 e. The van der Waals surface area contributed by atoms with E-state index in [2.05, 4.69) is 20.7 Å². The molecular weight excluding hydrogens is 416 g/mol. The molecule has 3 rings (SSSR count). The van der Waals surface area contributed by atoms with E-state index in [-0.39, 0.29) is 5.57 Å². The number of hydrogen-bond acceptors (Lipinski definition) is 7. The quantitative estimate of drug-likeness (QED) is 0.215. The van der Waals surface area contributed by atoms with Gasteiger partial charge in [-0.15, -0.1) is 5.10 Å². The number of carbonyl (C=O) groups excluding carboxylic acids is 1. The van der Waals surface area contributed by atoms with Crippen LogP contribution in [0.5, 0.6) is 0 Å². The Balaban J connectivity index is 1.87. The number of allylic oxidation sites excluding steroid dienone is 1. The van der Waals surface area contributed by atoms with Crippen molar-refractivity contribution in [2.24, 2.45) is 0 Å². The fraction of sp³-hybridized carbons (Fsp3) is 0.0952. The van der Waals surface area contributed by atoms with Crippen LogP contribution in [-0.4, -0.2) is 33.1 Å². The molecule has 0 saturated heterocycles. The molecule has 0 bridgehead atoms. The smallest absolute Gasteiger partial charge is 0.258 e. The van der Waals surface area contributed by atoms with E-state index < -0.39 is 5.91 Å². The highest BCUT2D eigenvalue weighted by atomic mass is 35.5. The van der Waals surface area contributed by atoms with Gasteiger partial charge >= 0.3 is 0 Å². The van der Waals surface area contributed by atoms with Crippen molar-refractivity contribution in [1.29, 1.82) is 10.8 Å². The van der Waals surface area contributed by atoms with Crippen molar-refractivity contribution >= 4 is 52.9 Å². The number of nitrogens with two attached hydrogens (primary N) is 1. The molecule has 0 fully saturated rings. The number of anilines is 4. The van der Waals surface area contributed by atoms with Gasteiger partial charge in [0.1, 0.15) is 5.82 Å². The second kappa shape index (κ2) is 9.23. The summed E-state index contributed by atoms with van der Waals surface area (Å²) in [4.78, 5) is 16.6. The summed E-state index contributed by atoms with van der Waals surface area (Å²) in [6.07, 6.45) is 5.43. The lowest BCUT2D eigenvalue weighted by Crippen LogP contribution is -2.16. The number of halogens is 1. The second-order valence-electron chi connectivity index (χ2n) is 6.53. The SMILES string of the molecule is C/C=C(\C=N)C(=O)Nc1cccc(-n2cc(C)c(Nc3ccc(N)c(C=N)c3Cl)n2)n1. The maximum absolute atomic E-state index is 12.2. The van der Waals surface area contributed by atoms with E-state index in [0.29, 0.717) is 39.4 Å². The van der Waals surface area contributed by atoms with Gasteiger partial charge in [0, 0.05) is 35.4 Å². The molecular formula is C21H21ClN8O. The lowest BCUT2D eigenvalue weighted by molar-refractivity contribution is -0.112. The third kappa shape index (κ3) is 4.62. The van der Waals surface area contributed by atoms with Crippen molar-refractivity contribution in [2.75, 3.05) is 16.4 Å². The van der Waals surface area contributed by atoms with E-state index in [4.69, 9.17) is 28.2 Å². The van der Waals surface area contributed by atoms with Crippen LogP contribution in [0.3, 0.4) is 0 Å². The highest BCUT2D eigenvalue weighted by Gasteiger charge is 2.13. The minimum absolute atomic E-state index is 0.235. The molecule has 2 heterocycles. The Labute approximate surface area is 184 Å². The molecule has 9 nitrogen and oxygen atoms in total. The third-order valence-corrected chi connectivity index (χ3v) is 4.85. The summed E-state index contributed by atoms with van der Waals surface area (Å²) in [7, 11) is 0. The Morgan fingerprint density at radius 2 is 2.03 bits per heavy atom. The summed E-state index contributed by atoms with van der Waals surface area (Å²) in [6, 6.07) is 8.54. The summed E-state index contributed by atoms with van der Waals surface area (Å²) in [5.74, 6) is 0.970. The fourth-order valence-corrected chi connectivity index (χ4v) is 3.04. The Hall–Kier alpha value is -3.98. The lowest BCUT2D eigenvalue weighted by atomic mass is 10.1. The first-order chi connectivity index (χ1) is 14.9. The molecule has 3 aromatic rings. The third-order valence-electron chi connectivity index (χ3n) is 4.45. The zero-order valence-corrected chi connectivity index (χ0v) is 17.7. The van der Waals surface area contributed by atoms with Gasteiger partial charge in [0.15, 0.2) is 11.6 Å². The first-order valence-electron chi connectivity index (χ1n) is 9.25. The number of nitrogen functional groups attached to an aromatic ring is 1. The molecule has 6 N–H and O–H groups in total. The van der Waals surface area contributed by atoms with Crippen LogP contribution in [-0.2, 0) is 4.79 Å². The topological polar surface area (TPSA) is 146 Å². The molecule has 31 heavy (non-hydrogen) atoms. The van der Waals surface area contributed by atoms with Gasteiger partial charge in [-0.1, -0.05) is 23.7 Å². The predicted molar refractivity (Wildman–Crippen MR) is 124 cm³/mol. The summed E-state index contributed by atoms with van der Waals surface area (Å²) < 4.78 is 1.57. The number of nitrogens with one attached hydrogen (secondary N) is 4. The van der Waals surface area contributed by atoms with Gasteiger partial charge in [0.2, 0.25) is 0 Å². The highest BCUT2D eigenvalue weighted by molar-refractivity contribution is 6.36. The van der Waals surface area contributed by atoms with Crippen LogP contribution in [0.15, 0.2) is 48.2 Å². The normalized spacial score (nSPS) is 11.1. The van der Waals surface area contributed by atoms with Crippen LogP contribution < -0.4 is 16.4 Å². The lowest BCUT2D eigenvalue weighted by Gasteiger charge is -2.10. The second-order valence-corrected chi connectivity index (χ2v) is 6.91. The highest BCUT2D eigenvalue weighted by Crippen LogP contribution is 2.32. The summed E-state index contributed by atoms with van der Waals surface area (Å²) in [5, 5.41) is 25.4. The molecule has 2 aromatic heterocycles. The molecule has 0 radical (unpaired) electrons. The van der Waals surface area contributed by atoms with Gasteiger partial charge in [-0.2, -0.15) is 0 Å². The Morgan fingerprint density at radius 3 is 2.71 bits per heavy atom. The van der Waals surface area contributed by atoms with Crippen molar-refractivity contribution in [2.45, 2.75) is 13.8 Å². The molecule has 0 spiro atoms. The predicted octanol–water partition coefficient (Wildman–Crippen LogP) is 4.09. The van der Waals surface area contributed by atoms with Gasteiger partial charge in [0.05, 0.1) is 16.3 Å². The number of carbonyl (C=O) groups is 1. The molecule has 1 aromatic carbocycles. The van der Waals surface area contributed by atoms with Crippen molar-refractivity contribution in [3.8, 4) is 5.82 Å². The van der Waals surface area contributed by atoms with Crippen LogP contribution >= 0.6 is 11.6 Å². The van der Waals surface area contributed by atoms with E-state index in [0.717, 1.165) is 18.0 Å². The fourth-order valence-electron chi connectivity index (χ4n) is 2.77. The summed E-state index contributed by atoms with van der Waals surface area (Å²) in [5.41, 5.74) is 8.34. The average molecular weight is 437 g/mol. The van der Waals surface area contributed by atoms with E-state index in [1.54, 1.807) is 54.2 Å². The molecule has 158 valence electrons. The zero-order chi connectivity index (χ0) is 22.5. The Morgan fingerprint density at radius 1 is 1.26 bits per heavy atom. The largest absolute Gasteiger partial charge is 0.398 e. The molecule has 0 atom stereocenters. The monoisotopic (exact) mass is 436 g/mol. The number of aryl methyl sites for hydroxylation is 1. The molecule has 1 amide bonds. The first kappa shape index (κ1) is 21.7. The molecule has 0 aliphatic carbocycles. The van der Waals surface area contributed by atoms with E-state index in [1.165, 1.54) is 0 Å². The van der Waals surface area contributed by atoms with Crippen LogP contribution in [0.1, 0.15) is 18.1 Å². The van der Waals surface area contributed by atoms with Gasteiger partial charge < -0.3 is 27.2 Å². The maximum Gasteiger partial charge on any atom is 0.258 e. The van der Waals surface area contributed by atoms with E-state index in [9.17, 15) is 4.79 Å². The molecule has 0 unspecified atom stereocenters. The van der Waals surface area contributed by atoms with Gasteiger partial charge in [-0.25, -0.2) is 9.67 Å². The van der Waals surface area contributed by atoms with Crippen molar-refractivity contribution in [3.63, 3.8) is 0 Å². The molecule has 0 aliphatic rings. The standard InChI is InChI=1S/C21H21ClN8O/c1-3-13(9-23)21(31)28-17-5-4-6-18(27-17)30-11-12(2)20(29-30)26-16-8-7-15(25)14(10-24)19(16)22/h3-11,23-24H,25H2,1-2H3,(H,26,29)(H,27,28,31)/b13-3+,23-9?,24-10?. The minimum atomic E-state index is -0.416. The van der Waals surface area contributed by atoms with Crippen molar-refractivity contribution < 1.29 is 4.79 Å². The Kier molecular flexibility index (Phi) is 6.46. The number of rotatable bonds is 7. The summed E-state index contributed by atoms with van der Waals surface area (Å²) in [6.45, 7) is 3.56.